The lowest BCUT2D eigenvalue weighted by Gasteiger charge is -2.27. The van der Waals surface area contributed by atoms with E-state index in [4.69, 9.17) is 23.7 Å². The molecule has 9 nitrogen and oxygen atoms in total. The molecule has 0 radical (unpaired) electrons. The van der Waals surface area contributed by atoms with Gasteiger partial charge in [0, 0.05) is 0 Å². The van der Waals surface area contributed by atoms with E-state index >= 15 is 0 Å². The van der Waals surface area contributed by atoms with Crippen LogP contribution in [0.15, 0.2) is 61.7 Å². The second-order valence-corrected chi connectivity index (χ2v) is 18.5. The van der Waals surface area contributed by atoms with Gasteiger partial charge in [-0.05, 0) is 101 Å². The van der Waals surface area contributed by atoms with Gasteiger partial charge in [-0.25, -0.2) is 9.59 Å². The molecule has 0 spiro atoms. The van der Waals surface area contributed by atoms with Crippen LogP contribution in [0.2, 0.25) is 0 Å². The molecule has 60 heavy (non-hydrogen) atoms. The normalized spacial score (nSPS) is 21.3. The summed E-state index contributed by atoms with van der Waals surface area (Å²) in [5, 5.41) is 5.92. The molecule has 2 amide bonds. The van der Waals surface area contributed by atoms with Gasteiger partial charge in [0.1, 0.15) is 24.4 Å². The second-order valence-electron chi connectivity index (χ2n) is 18.5. The third kappa shape index (κ3) is 17.0. The summed E-state index contributed by atoms with van der Waals surface area (Å²) >= 11 is 0. The molecule has 2 aromatic rings. The Labute approximate surface area is 362 Å². The van der Waals surface area contributed by atoms with Gasteiger partial charge in [0.15, 0.2) is 0 Å². The minimum absolute atomic E-state index is 0. The maximum Gasteiger partial charge on any atom is 0.407 e. The summed E-state index contributed by atoms with van der Waals surface area (Å²) in [5.41, 5.74) is 5.38. The van der Waals surface area contributed by atoms with Crippen molar-refractivity contribution in [2.75, 3.05) is 19.8 Å². The Kier molecular flexibility index (Phi) is 19.2. The number of rotatable bonds is 25. The van der Waals surface area contributed by atoms with Crippen molar-refractivity contribution in [2.45, 2.75) is 187 Å². The van der Waals surface area contributed by atoms with Crippen LogP contribution in [0.25, 0.3) is 11.1 Å². The molecule has 4 aliphatic rings. The van der Waals surface area contributed by atoms with Crippen LogP contribution >= 0.6 is 0 Å². The monoisotopic (exact) mass is 831 g/mol. The van der Waals surface area contributed by atoms with Crippen LogP contribution in [0.3, 0.4) is 0 Å². The van der Waals surface area contributed by atoms with Gasteiger partial charge >= 0.3 is 12.2 Å². The van der Waals surface area contributed by atoms with E-state index in [1.165, 1.54) is 83.5 Å². The van der Waals surface area contributed by atoms with E-state index in [2.05, 4.69) is 29.9 Å². The zero-order chi connectivity index (χ0) is 42.4. The zero-order valence-corrected chi connectivity index (χ0v) is 37.1. The fraction of sp³-hybridized carbons (Fsp3) is 0.647. The minimum Gasteiger partial charge on any atom is -0.450 e. The van der Waals surface area contributed by atoms with Crippen molar-refractivity contribution in [3.8, 4) is 0 Å². The first kappa shape index (κ1) is 49.0. The molecule has 1 aliphatic carbocycles. The molecule has 0 bridgehead atoms. The molecular weight excluding hydrogens is 753 g/mol. The Morgan fingerprint density at radius 1 is 0.667 bits per heavy atom. The van der Waals surface area contributed by atoms with Crippen molar-refractivity contribution < 1.29 is 33.3 Å². The lowest BCUT2D eigenvalue weighted by atomic mass is 9.92. The molecule has 334 valence electrons. The molecule has 2 aromatic carbocycles. The van der Waals surface area contributed by atoms with E-state index < -0.39 is 11.1 Å². The van der Waals surface area contributed by atoms with Crippen molar-refractivity contribution in [1.82, 2.24) is 10.6 Å². The number of epoxide rings is 3. The van der Waals surface area contributed by atoms with Crippen LogP contribution in [-0.2, 0) is 34.8 Å². The molecule has 3 heterocycles. The number of carbonyl (C=O) groups is 2. The van der Waals surface area contributed by atoms with E-state index in [1.54, 1.807) is 0 Å². The molecule has 6 rings (SSSR count). The quantitative estimate of drug-likeness (QED) is 0.0756. The number of hydrogen-bond acceptors (Lipinski definition) is 7. The number of benzene rings is 2. The molecule has 1 saturated carbocycles. The maximum absolute atomic E-state index is 12.3. The predicted octanol–water partition coefficient (Wildman–Crippen LogP) is 12.4. The first-order valence-electron chi connectivity index (χ1n) is 22.6. The highest BCUT2D eigenvalue weighted by atomic mass is 16.7. The molecule has 5 atom stereocenters. The van der Waals surface area contributed by atoms with Crippen molar-refractivity contribution in [1.29, 1.82) is 0 Å². The summed E-state index contributed by atoms with van der Waals surface area (Å²) in [4.78, 5) is 24.1. The van der Waals surface area contributed by atoms with Crippen molar-refractivity contribution in [3.63, 3.8) is 0 Å². The van der Waals surface area contributed by atoms with Gasteiger partial charge in [0.2, 0.25) is 0 Å². The number of amides is 2. The van der Waals surface area contributed by atoms with Crippen molar-refractivity contribution >= 4 is 23.3 Å². The van der Waals surface area contributed by atoms with Gasteiger partial charge < -0.3 is 34.3 Å². The lowest BCUT2D eigenvalue weighted by Crippen LogP contribution is -2.41. The van der Waals surface area contributed by atoms with Crippen LogP contribution in [0.5, 0.6) is 0 Å². The topological polar surface area (TPSA) is 114 Å². The Hall–Kier alpha value is -3.66. The summed E-state index contributed by atoms with van der Waals surface area (Å²) in [6.45, 7) is 21.7. The average Bonchev–Trinajstić information content (AvgIpc) is 3.98. The van der Waals surface area contributed by atoms with Crippen LogP contribution in [0.4, 0.5) is 9.59 Å². The number of unbranched alkanes of at least 4 members (excludes halogenated alkanes) is 11. The summed E-state index contributed by atoms with van der Waals surface area (Å²) in [6, 6.07) is 16.2. The predicted molar refractivity (Wildman–Crippen MR) is 244 cm³/mol. The van der Waals surface area contributed by atoms with Gasteiger partial charge in [-0.3, -0.25) is 0 Å². The van der Waals surface area contributed by atoms with Crippen LogP contribution in [0.1, 0.15) is 168 Å². The fourth-order valence-electron chi connectivity index (χ4n) is 7.55. The Bertz CT molecular complexity index is 1660. The summed E-state index contributed by atoms with van der Waals surface area (Å²) in [5.74, 6) is 0.579. The van der Waals surface area contributed by atoms with Gasteiger partial charge in [-0.2, -0.15) is 0 Å². The molecule has 5 unspecified atom stereocenters. The summed E-state index contributed by atoms with van der Waals surface area (Å²) in [7, 11) is 0. The van der Waals surface area contributed by atoms with E-state index in [9.17, 15) is 9.59 Å². The molecule has 4 fully saturated rings. The number of ether oxygens (including phenoxy) is 5. The third-order valence-electron chi connectivity index (χ3n) is 12.0. The third-order valence-corrected chi connectivity index (χ3v) is 12.0. The van der Waals surface area contributed by atoms with Gasteiger partial charge in [0.25, 0.3) is 0 Å². The summed E-state index contributed by atoms with van der Waals surface area (Å²) < 4.78 is 27.5. The number of carbonyl (C=O) groups excluding carboxylic acids is 2. The van der Waals surface area contributed by atoms with Gasteiger partial charge in [-0.15, -0.1) is 0 Å². The molecule has 0 aromatic heterocycles. The second kappa shape index (κ2) is 23.5. The van der Waals surface area contributed by atoms with E-state index in [-0.39, 0.29) is 19.6 Å². The molecule has 3 saturated heterocycles. The van der Waals surface area contributed by atoms with Gasteiger partial charge in [-0.1, -0.05) is 145 Å². The number of nitrogens with one attached hydrogen (secondary N) is 2. The van der Waals surface area contributed by atoms with E-state index in [0.29, 0.717) is 49.7 Å². The molecule has 2 N–H and O–H groups in total. The first-order valence-corrected chi connectivity index (χ1v) is 22.6. The number of hydrogen-bond donors (Lipinski definition) is 2. The van der Waals surface area contributed by atoms with E-state index in [1.807, 2.05) is 84.0 Å². The summed E-state index contributed by atoms with van der Waals surface area (Å²) in [6.07, 6.45) is 19.9. The smallest absolute Gasteiger partial charge is 0.407 e. The van der Waals surface area contributed by atoms with Crippen LogP contribution in [0, 0.1) is 5.92 Å². The largest absolute Gasteiger partial charge is 0.450 e. The van der Waals surface area contributed by atoms with E-state index in [0.717, 1.165) is 52.8 Å². The highest BCUT2D eigenvalue weighted by Gasteiger charge is 2.61. The SMILES string of the molecule is C.C=C(C)c1ccc(C(C)(C)NC(=O)OCCCCCCCCCCCCCCC2OC2C2OC2C2CO2)cc1.C=C(C)c1cccc(C(C)(C)NC(=O)OCC2CC2)c1. The Morgan fingerprint density at radius 3 is 1.75 bits per heavy atom. The molecule has 3 aliphatic heterocycles. The van der Waals surface area contributed by atoms with Crippen LogP contribution < -0.4 is 10.6 Å². The molecule has 9 heteroatoms. The van der Waals surface area contributed by atoms with Crippen molar-refractivity contribution in [2.24, 2.45) is 5.92 Å². The first-order chi connectivity index (χ1) is 28.2. The van der Waals surface area contributed by atoms with Gasteiger partial charge in [0.05, 0.1) is 37.0 Å². The Morgan fingerprint density at radius 2 is 1.20 bits per heavy atom. The standard InChI is InChI=1S/C33H51NO5.C17H23NO2.CH4/c1-24(2)25-18-20-26(21-19-25)33(3,4)34-32(35)36-22-16-14-12-10-8-6-5-7-9-11-13-15-17-27-29(38-27)31-30(39-31)28-23-37-28;1-12(2)14-6-5-7-15(10-14)17(3,4)18-16(19)20-11-13-8-9-13;/h18-21,27-31H,1,5-17,22-23H2,2-4H3,(H,34,35);5-7,10,13H,1,8-9,11H2,2-4H3,(H,18,19);1H4. The highest BCUT2D eigenvalue weighted by Crippen LogP contribution is 2.45. The number of allylic oxidation sites excluding steroid dienone is 2. The maximum atomic E-state index is 12.3. The fourth-order valence-corrected chi connectivity index (χ4v) is 7.55. The Balaban J connectivity index is 0.000000318. The lowest BCUT2D eigenvalue weighted by molar-refractivity contribution is 0.130. The zero-order valence-electron chi connectivity index (χ0n) is 37.1. The average molecular weight is 831 g/mol. The van der Waals surface area contributed by atoms with Crippen LogP contribution in [-0.4, -0.2) is 62.5 Å². The number of alkyl carbamates (subject to hydrolysis) is 2. The minimum atomic E-state index is -0.485. The molecular formula is C51H78N2O7. The van der Waals surface area contributed by atoms with Crippen molar-refractivity contribution in [3.05, 3.63) is 83.9 Å². The highest BCUT2D eigenvalue weighted by molar-refractivity contribution is 5.69.